The maximum atomic E-state index is 13.1. The fourth-order valence-electron chi connectivity index (χ4n) is 3.16. The number of aromatic nitrogens is 1. The molecule has 1 heterocycles. The predicted octanol–water partition coefficient (Wildman–Crippen LogP) is 4.76. The van der Waals surface area contributed by atoms with Gasteiger partial charge in [-0.25, -0.2) is 0 Å². The number of hydrogen-bond donors (Lipinski definition) is 0. The molecule has 0 atom stereocenters. The van der Waals surface area contributed by atoms with Gasteiger partial charge < -0.3 is 14.4 Å². The Hall–Kier alpha value is -3.34. The van der Waals surface area contributed by atoms with E-state index < -0.39 is 0 Å². The molecule has 3 aromatic rings. The van der Waals surface area contributed by atoms with Crippen LogP contribution in [0.3, 0.4) is 0 Å². The highest BCUT2D eigenvalue weighted by Crippen LogP contribution is 2.30. The number of ether oxygens (including phenoxy) is 2. The van der Waals surface area contributed by atoms with Gasteiger partial charge in [0.25, 0.3) is 5.91 Å². The van der Waals surface area contributed by atoms with Crippen LogP contribution in [0.15, 0.2) is 73.1 Å². The van der Waals surface area contributed by atoms with Crippen LogP contribution in [-0.4, -0.2) is 35.5 Å². The lowest BCUT2D eigenvalue weighted by Crippen LogP contribution is -2.32. The highest BCUT2D eigenvalue weighted by atomic mass is 16.5. The maximum Gasteiger partial charge on any atom is 0.253 e. The molecule has 3 rings (SSSR count). The minimum Gasteiger partial charge on any atom is -0.490 e. The molecule has 0 saturated heterocycles. The lowest BCUT2D eigenvalue weighted by molar-refractivity contribution is 0.0765. The van der Waals surface area contributed by atoms with Crippen LogP contribution < -0.4 is 9.47 Å². The Morgan fingerprint density at radius 1 is 0.900 bits per heavy atom. The normalized spacial score (nSPS) is 10.5. The van der Waals surface area contributed by atoms with Crippen LogP contribution in [0.1, 0.15) is 35.3 Å². The summed E-state index contributed by atoms with van der Waals surface area (Å²) in [6.45, 7) is 6.14. The van der Waals surface area contributed by atoms with Crippen LogP contribution in [0, 0.1) is 0 Å². The summed E-state index contributed by atoms with van der Waals surface area (Å²) in [6, 6.07) is 19.4. The SMILES string of the molecule is CCOc1cc(C(=O)N(CC)CCc2ccccc2)ccc1OCc1ccncc1. The quantitative estimate of drug-likeness (QED) is 0.489. The van der Waals surface area contributed by atoms with Crippen molar-refractivity contribution in [3.8, 4) is 11.5 Å². The van der Waals surface area contributed by atoms with Gasteiger partial charge in [-0.1, -0.05) is 30.3 Å². The minimum atomic E-state index is -0.00457. The Morgan fingerprint density at radius 2 is 1.67 bits per heavy atom. The molecular formula is C25H28N2O3. The topological polar surface area (TPSA) is 51.7 Å². The summed E-state index contributed by atoms with van der Waals surface area (Å²) in [6.07, 6.45) is 4.29. The number of rotatable bonds is 10. The molecule has 0 aliphatic heterocycles. The second-order valence-corrected chi connectivity index (χ2v) is 6.86. The number of likely N-dealkylation sites (N-methyl/N-ethyl adjacent to an activating group) is 1. The highest BCUT2D eigenvalue weighted by molar-refractivity contribution is 5.95. The first-order chi connectivity index (χ1) is 14.7. The Bertz CT molecular complexity index is 930. The molecular weight excluding hydrogens is 376 g/mol. The van der Waals surface area contributed by atoms with E-state index in [4.69, 9.17) is 9.47 Å². The zero-order chi connectivity index (χ0) is 21.2. The number of amides is 1. The third-order valence-electron chi connectivity index (χ3n) is 4.82. The number of benzene rings is 2. The molecule has 0 radical (unpaired) electrons. The summed E-state index contributed by atoms with van der Waals surface area (Å²) < 4.78 is 11.7. The summed E-state index contributed by atoms with van der Waals surface area (Å²) in [7, 11) is 0. The van der Waals surface area contributed by atoms with E-state index in [0.29, 0.717) is 43.4 Å². The van der Waals surface area contributed by atoms with Crippen molar-refractivity contribution in [2.75, 3.05) is 19.7 Å². The van der Waals surface area contributed by atoms with E-state index in [1.165, 1.54) is 5.56 Å². The van der Waals surface area contributed by atoms with Crippen molar-refractivity contribution in [1.29, 1.82) is 0 Å². The van der Waals surface area contributed by atoms with Gasteiger partial charge in [-0.3, -0.25) is 9.78 Å². The molecule has 0 fully saturated rings. The average Bonchev–Trinajstić information content (AvgIpc) is 2.80. The number of carbonyl (C=O) groups is 1. The Balaban J connectivity index is 1.70. The van der Waals surface area contributed by atoms with Crippen LogP contribution in [0.5, 0.6) is 11.5 Å². The van der Waals surface area contributed by atoms with Crippen LogP contribution in [-0.2, 0) is 13.0 Å². The zero-order valence-corrected chi connectivity index (χ0v) is 17.6. The molecule has 1 amide bonds. The molecule has 0 unspecified atom stereocenters. The van der Waals surface area contributed by atoms with Crippen molar-refractivity contribution in [1.82, 2.24) is 9.88 Å². The predicted molar refractivity (Wildman–Crippen MR) is 118 cm³/mol. The van der Waals surface area contributed by atoms with E-state index >= 15 is 0 Å². The monoisotopic (exact) mass is 404 g/mol. The van der Waals surface area contributed by atoms with E-state index in [1.807, 2.05) is 55.1 Å². The van der Waals surface area contributed by atoms with Crippen LogP contribution in [0.25, 0.3) is 0 Å². The van der Waals surface area contributed by atoms with Crippen molar-refractivity contribution in [2.45, 2.75) is 26.9 Å². The van der Waals surface area contributed by atoms with Crippen LogP contribution >= 0.6 is 0 Å². The third-order valence-corrected chi connectivity index (χ3v) is 4.82. The summed E-state index contributed by atoms with van der Waals surface area (Å²) >= 11 is 0. The molecule has 0 bridgehead atoms. The van der Waals surface area contributed by atoms with Gasteiger partial charge in [-0.2, -0.15) is 0 Å². The molecule has 2 aromatic carbocycles. The van der Waals surface area contributed by atoms with E-state index in [2.05, 4.69) is 17.1 Å². The highest BCUT2D eigenvalue weighted by Gasteiger charge is 2.17. The third kappa shape index (κ3) is 5.83. The summed E-state index contributed by atoms with van der Waals surface area (Å²) in [4.78, 5) is 18.9. The molecule has 5 heteroatoms. The summed E-state index contributed by atoms with van der Waals surface area (Å²) in [5, 5.41) is 0. The number of pyridine rings is 1. The second-order valence-electron chi connectivity index (χ2n) is 6.86. The van der Waals surface area contributed by atoms with Crippen LogP contribution in [0.2, 0.25) is 0 Å². The maximum absolute atomic E-state index is 13.1. The van der Waals surface area contributed by atoms with Gasteiger partial charge in [-0.05, 0) is 61.7 Å². The van der Waals surface area contributed by atoms with E-state index in [-0.39, 0.29) is 5.91 Å². The first-order valence-corrected chi connectivity index (χ1v) is 10.3. The van der Waals surface area contributed by atoms with Gasteiger partial charge in [-0.15, -0.1) is 0 Å². The number of carbonyl (C=O) groups excluding carboxylic acids is 1. The average molecular weight is 405 g/mol. The first-order valence-electron chi connectivity index (χ1n) is 10.3. The molecule has 0 aliphatic rings. The molecule has 0 aliphatic carbocycles. The fourth-order valence-corrected chi connectivity index (χ4v) is 3.16. The molecule has 1 aromatic heterocycles. The fraction of sp³-hybridized carbons (Fsp3) is 0.280. The summed E-state index contributed by atoms with van der Waals surface area (Å²) in [5.74, 6) is 1.20. The molecule has 30 heavy (non-hydrogen) atoms. The number of hydrogen-bond acceptors (Lipinski definition) is 4. The molecule has 5 nitrogen and oxygen atoms in total. The van der Waals surface area contributed by atoms with Crippen molar-refractivity contribution in [3.63, 3.8) is 0 Å². The Labute approximate surface area is 178 Å². The molecule has 156 valence electrons. The molecule has 0 N–H and O–H groups in total. The lowest BCUT2D eigenvalue weighted by Gasteiger charge is -2.22. The van der Waals surface area contributed by atoms with Gasteiger partial charge in [0.2, 0.25) is 0 Å². The zero-order valence-electron chi connectivity index (χ0n) is 17.6. The second kappa shape index (κ2) is 11.0. The van der Waals surface area contributed by atoms with Gasteiger partial charge in [0.15, 0.2) is 11.5 Å². The largest absolute Gasteiger partial charge is 0.490 e. The molecule has 0 spiro atoms. The number of nitrogens with zero attached hydrogens (tertiary/aromatic N) is 2. The first kappa shape index (κ1) is 21.4. The Morgan fingerprint density at radius 3 is 2.37 bits per heavy atom. The summed E-state index contributed by atoms with van der Waals surface area (Å²) in [5.41, 5.74) is 2.84. The Kier molecular flexibility index (Phi) is 7.84. The standard InChI is InChI=1S/C25H28N2O3/c1-3-27(17-14-20-8-6-5-7-9-20)25(28)22-10-11-23(24(18-22)29-4-2)30-19-21-12-15-26-16-13-21/h5-13,15-16,18H,3-4,14,17,19H2,1-2H3. The van der Waals surface area contributed by atoms with Crippen molar-refractivity contribution in [3.05, 3.63) is 89.7 Å². The van der Waals surface area contributed by atoms with E-state index in [1.54, 1.807) is 24.5 Å². The van der Waals surface area contributed by atoms with Crippen molar-refractivity contribution in [2.24, 2.45) is 0 Å². The smallest absolute Gasteiger partial charge is 0.253 e. The molecule has 0 saturated carbocycles. The lowest BCUT2D eigenvalue weighted by atomic mass is 10.1. The minimum absolute atomic E-state index is 0.00457. The van der Waals surface area contributed by atoms with E-state index in [9.17, 15) is 4.79 Å². The van der Waals surface area contributed by atoms with Crippen molar-refractivity contribution < 1.29 is 14.3 Å². The van der Waals surface area contributed by atoms with Gasteiger partial charge >= 0.3 is 0 Å². The van der Waals surface area contributed by atoms with Gasteiger partial charge in [0.05, 0.1) is 6.61 Å². The van der Waals surface area contributed by atoms with Gasteiger partial charge in [0, 0.05) is 31.0 Å². The van der Waals surface area contributed by atoms with Gasteiger partial charge in [0.1, 0.15) is 6.61 Å². The van der Waals surface area contributed by atoms with E-state index in [0.717, 1.165) is 12.0 Å². The van der Waals surface area contributed by atoms with Crippen LogP contribution in [0.4, 0.5) is 0 Å². The van der Waals surface area contributed by atoms with Crippen molar-refractivity contribution >= 4 is 5.91 Å².